The van der Waals surface area contributed by atoms with Crippen LogP contribution in [0.1, 0.15) is 24.4 Å². The van der Waals surface area contributed by atoms with Crippen molar-refractivity contribution >= 4 is 23.0 Å². The summed E-state index contributed by atoms with van der Waals surface area (Å²) in [5.74, 6) is -0.223. The topological polar surface area (TPSA) is 89.8 Å². The van der Waals surface area contributed by atoms with Gasteiger partial charge >= 0.3 is 0 Å². The van der Waals surface area contributed by atoms with E-state index in [0.29, 0.717) is 48.7 Å². The lowest BCUT2D eigenvalue weighted by molar-refractivity contribution is 0.0991. The van der Waals surface area contributed by atoms with Crippen molar-refractivity contribution in [1.29, 1.82) is 0 Å². The second-order valence-corrected chi connectivity index (χ2v) is 10.5. The van der Waals surface area contributed by atoms with Crippen molar-refractivity contribution in [3.05, 3.63) is 72.3 Å². The van der Waals surface area contributed by atoms with Gasteiger partial charge in [-0.2, -0.15) is 5.10 Å². The smallest absolute Gasteiger partial charge is 0.164 e. The number of ether oxygens (including phenoxy) is 2. The number of hydrogen-bond donors (Lipinski definition) is 1. The third kappa shape index (κ3) is 4.62. The molecular formula is C29H29F2N7O3. The fourth-order valence-electron chi connectivity index (χ4n) is 5.99. The standard InChI is InChI=1S/C29H29F2N7O3/c1-36-13-17(12-34-36)21-9-23(26(39-2)10-25(21)37-14-19-8-18(37)15-40-19)35-27-11-28(33-16-32-27)38-24(6-7-41-38)20-4-3-5-22(30)29(20)31/h3-5,9-13,16,18-19,24H,6-8,14-15H2,1-2H3,(H,32,33,35)/t18-,19-,24+/m0/s1. The third-order valence-corrected chi connectivity index (χ3v) is 7.93. The second kappa shape index (κ2) is 10.3. The quantitative estimate of drug-likeness (QED) is 0.343. The number of aryl methyl sites for hydroxylation is 1. The van der Waals surface area contributed by atoms with Gasteiger partial charge in [-0.3, -0.25) is 9.52 Å². The molecule has 3 aliphatic heterocycles. The lowest BCUT2D eigenvalue weighted by atomic mass is 10.0. The highest BCUT2D eigenvalue weighted by Gasteiger charge is 2.40. The summed E-state index contributed by atoms with van der Waals surface area (Å²) in [4.78, 5) is 17.0. The number of rotatable bonds is 7. The number of morpholine rings is 1. The average Bonchev–Trinajstić information content (AvgIpc) is 3.80. The number of fused-ring (bicyclic) bond motifs is 2. The van der Waals surface area contributed by atoms with Crippen molar-refractivity contribution in [2.24, 2.45) is 7.05 Å². The van der Waals surface area contributed by atoms with Gasteiger partial charge in [-0.15, -0.1) is 0 Å². The zero-order valence-corrected chi connectivity index (χ0v) is 22.6. The Bertz CT molecular complexity index is 1600. The van der Waals surface area contributed by atoms with E-state index < -0.39 is 17.7 Å². The van der Waals surface area contributed by atoms with E-state index in [1.165, 1.54) is 17.5 Å². The van der Waals surface area contributed by atoms with Gasteiger partial charge in [-0.1, -0.05) is 12.1 Å². The Morgan fingerprint density at radius 3 is 2.80 bits per heavy atom. The molecule has 0 saturated carbocycles. The first kappa shape index (κ1) is 25.7. The molecule has 0 amide bonds. The van der Waals surface area contributed by atoms with Crippen LogP contribution in [0.15, 0.2) is 55.1 Å². The Morgan fingerprint density at radius 2 is 2.05 bits per heavy atom. The number of aromatic nitrogens is 4. The van der Waals surface area contributed by atoms with Gasteiger partial charge in [-0.25, -0.2) is 23.8 Å². The van der Waals surface area contributed by atoms with Gasteiger partial charge < -0.3 is 19.7 Å². The first-order chi connectivity index (χ1) is 20.0. The second-order valence-electron chi connectivity index (χ2n) is 10.5. The monoisotopic (exact) mass is 561 g/mol. The first-order valence-electron chi connectivity index (χ1n) is 13.5. The number of nitrogens with zero attached hydrogens (tertiary/aromatic N) is 6. The molecule has 41 heavy (non-hydrogen) atoms. The molecule has 3 atom stereocenters. The number of nitrogens with one attached hydrogen (secondary N) is 1. The minimum Gasteiger partial charge on any atom is -0.494 e. The summed E-state index contributed by atoms with van der Waals surface area (Å²) in [5.41, 5.74) is 3.97. The van der Waals surface area contributed by atoms with Crippen LogP contribution >= 0.6 is 0 Å². The molecule has 5 heterocycles. The van der Waals surface area contributed by atoms with E-state index in [1.807, 2.05) is 31.6 Å². The summed E-state index contributed by atoms with van der Waals surface area (Å²) < 4.78 is 42.1. The van der Waals surface area contributed by atoms with E-state index in [9.17, 15) is 8.78 Å². The van der Waals surface area contributed by atoms with E-state index in [2.05, 4.69) is 25.3 Å². The van der Waals surface area contributed by atoms with Gasteiger partial charge in [-0.05, 0) is 18.6 Å². The molecule has 2 bridgehead atoms. The Labute approximate surface area is 235 Å². The molecular weight excluding hydrogens is 532 g/mol. The van der Waals surface area contributed by atoms with Crippen LogP contribution < -0.4 is 20.0 Å². The molecule has 3 saturated heterocycles. The van der Waals surface area contributed by atoms with Crippen LogP contribution in [-0.2, 0) is 16.6 Å². The average molecular weight is 562 g/mol. The maximum absolute atomic E-state index is 14.6. The molecule has 2 aromatic carbocycles. The highest BCUT2D eigenvalue weighted by molar-refractivity contribution is 5.86. The normalized spacial score (nSPS) is 21.6. The van der Waals surface area contributed by atoms with Crippen molar-refractivity contribution in [3.63, 3.8) is 0 Å². The lowest BCUT2D eigenvalue weighted by Gasteiger charge is -2.31. The Balaban J connectivity index is 1.23. The van der Waals surface area contributed by atoms with Crippen LogP contribution in [0, 0.1) is 11.6 Å². The van der Waals surface area contributed by atoms with Gasteiger partial charge in [0.1, 0.15) is 17.9 Å². The predicted octanol–water partition coefficient (Wildman–Crippen LogP) is 4.77. The highest BCUT2D eigenvalue weighted by Crippen LogP contribution is 2.44. The van der Waals surface area contributed by atoms with Crippen molar-refractivity contribution in [1.82, 2.24) is 19.7 Å². The molecule has 0 unspecified atom stereocenters. The number of hydroxylamine groups is 1. The summed E-state index contributed by atoms with van der Waals surface area (Å²) in [7, 11) is 3.53. The zero-order chi connectivity index (χ0) is 28.1. The van der Waals surface area contributed by atoms with Crippen LogP contribution in [0.5, 0.6) is 5.75 Å². The number of anilines is 4. The molecule has 10 nitrogen and oxygen atoms in total. The van der Waals surface area contributed by atoms with Crippen molar-refractivity contribution < 1.29 is 23.1 Å². The molecule has 3 fully saturated rings. The Hall–Kier alpha value is -4.29. The molecule has 0 aliphatic carbocycles. The van der Waals surface area contributed by atoms with E-state index in [4.69, 9.17) is 14.3 Å². The van der Waals surface area contributed by atoms with Crippen LogP contribution in [0.4, 0.5) is 31.8 Å². The molecule has 2 aromatic heterocycles. The van der Waals surface area contributed by atoms with Crippen LogP contribution in [0.2, 0.25) is 0 Å². The van der Waals surface area contributed by atoms with E-state index in [0.717, 1.165) is 35.8 Å². The van der Waals surface area contributed by atoms with Gasteiger partial charge in [0.05, 0.1) is 50.4 Å². The van der Waals surface area contributed by atoms with Gasteiger partial charge in [0.25, 0.3) is 0 Å². The van der Waals surface area contributed by atoms with Gasteiger partial charge in [0, 0.05) is 60.7 Å². The lowest BCUT2D eigenvalue weighted by Crippen LogP contribution is -2.37. The van der Waals surface area contributed by atoms with Gasteiger partial charge in [0.15, 0.2) is 17.5 Å². The molecule has 1 N–H and O–H groups in total. The zero-order valence-electron chi connectivity index (χ0n) is 22.6. The van der Waals surface area contributed by atoms with Crippen molar-refractivity contribution in [3.8, 4) is 16.9 Å². The molecule has 212 valence electrons. The molecule has 12 heteroatoms. The fourth-order valence-corrected chi connectivity index (χ4v) is 5.99. The maximum atomic E-state index is 14.6. The Kier molecular flexibility index (Phi) is 6.43. The summed E-state index contributed by atoms with van der Waals surface area (Å²) in [6.45, 7) is 1.88. The Morgan fingerprint density at radius 1 is 1.15 bits per heavy atom. The number of benzene rings is 2. The third-order valence-electron chi connectivity index (χ3n) is 7.93. The number of methoxy groups -OCH3 is 1. The van der Waals surface area contributed by atoms with Crippen LogP contribution in [-0.4, -0.2) is 58.8 Å². The summed E-state index contributed by atoms with van der Waals surface area (Å²) in [6, 6.07) is 9.74. The number of hydrogen-bond acceptors (Lipinski definition) is 9. The summed E-state index contributed by atoms with van der Waals surface area (Å²) in [6.07, 6.45) is 6.97. The predicted molar refractivity (Wildman–Crippen MR) is 148 cm³/mol. The molecule has 4 aromatic rings. The van der Waals surface area contributed by atoms with E-state index in [1.54, 1.807) is 23.9 Å². The molecule has 0 spiro atoms. The van der Waals surface area contributed by atoms with E-state index in [-0.39, 0.29) is 11.7 Å². The molecule has 7 rings (SSSR count). The fraction of sp³-hybridized carbons (Fsp3) is 0.345. The minimum atomic E-state index is -0.895. The summed E-state index contributed by atoms with van der Waals surface area (Å²) >= 11 is 0. The SMILES string of the molecule is COc1cc(N2C[C@@H]3C[C@H]2CO3)c(-c2cnn(C)c2)cc1Nc1cc(N2OCC[C@@H]2c2cccc(F)c2F)ncn1. The summed E-state index contributed by atoms with van der Waals surface area (Å²) in [5, 5.41) is 9.27. The van der Waals surface area contributed by atoms with E-state index >= 15 is 0 Å². The molecule has 3 aliphatic rings. The van der Waals surface area contributed by atoms with Gasteiger partial charge in [0.2, 0.25) is 0 Å². The van der Waals surface area contributed by atoms with Crippen molar-refractivity contribution in [2.45, 2.75) is 31.0 Å². The number of halogens is 2. The highest BCUT2D eigenvalue weighted by atomic mass is 19.2. The van der Waals surface area contributed by atoms with Crippen molar-refractivity contribution in [2.75, 3.05) is 42.1 Å². The maximum Gasteiger partial charge on any atom is 0.164 e. The first-order valence-corrected chi connectivity index (χ1v) is 13.5. The minimum absolute atomic E-state index is 0.218. The largest absolute Gasteiger partial charge is 0.494 e. The van der Waals surface area contributed by atoms with Crippen LogP contribution in [0.3, 0.4) is 0 Å². The van der Waals surface area contributed by atoms with Crippen LogP contribution in [0.25, 0.3) is 11.1 Å². The molecule has 0 radical (unpaired) electrons.